The molecule has 33 heavy (non-hydrogen) atoms. The van der Waals surface area contributed by atoms with Crippen molar-refractivity contribution >= 4 is 44.9 Å². The average molecular weight is 468 g/mol. The van der Waals surface area contributed by atoms with Crippen molar-refractivity contribution in [1.82, 2.24) is 25.4 Å². The summed E-state index contributed by atoms with van der Waals surface area (Å²) >= 11 is 12.2. The van der Waals surface area contributed by atoms with Gasteiger partial charge in [-0.1, -0.05) is 71.7 Å². The Balaban J connectivity index is 1.51. The van der Waals surface area contributed by atoms with Crippen LogP contribution < -0.4 is 0 Å². The first-order valence-electron chi connectivity index (χ1n) is 10.3. The number of hydrogen-bond acceptors (Lipinski definition) is 4. The number of aromatic amines is 1. The SMILES string of the molecule is Clc1ccc(-c2cc(-c3nnc(-c4cccc5ncccc45)c4ccccc34)[nH]n2)cc1Cl. The smallest absolute Gasteiger partial charge is 0.119 e. The number of benzene rings is 3. The molecule has 0 fully saturated rings. The van der Waals surface area contributed by atoms with Gasteiger partial charge in [-0.05, 0) is 30.3 Å². The zero-order chi connectivity index (χ0) is 22.4. The average Bonchev–Trinajstić information content (AvgIpc) is 3.35. The Hall–Kier alpha value is -3.80. The van der Waals surface area contributed by atoms with E-state index in [1.165, 1.54) is 0 Å². The van der Waals surface area contributed by atoms with Gasteiger partial charge >= 0.3 is 0 Å². The van der Waals surface area contributed by atoms with Gasteiger partial charge in [0.2, 0.25) is 0 Å². The van der Waals surface area contributed by atoms with Gasteiger partial charge in [0.15, 0.2) is 0 Å². The van der Waals surface area contributed by atoms with Crippen LogP contribution in [0, 0.1) is 0 Å². The first-order valence-corrected chi connectivity index (χ1v) is 11.1. The molecule has 0 aliphatic heterocycles. The summed E-state index contributed by atoms with van der Waals surface area (Å²) in [4.78, 5) is 4.48. The van der Waals surface area contributed by atoms with Crippen LogP contribution in [0.5, 0.6) is 0 Å². The van der Waals surface area contributed by atoms with Gasteiger partial charge in [0, 0.05) is 33.5 Å². The second-order valence-electron chi connectivity index (χ2n) is 7.61. The van der Waals surface area contributed by atoms with Crippen molar-refractivity contribution in [3.8, 4) is 33.9 Å². The van der Waals surface area contributed by atoms with Crippen LogP contribution in [0.2, 0.25) is 10.0 Å². The number of rotatable bonds is 3. The van der Waals surface area contributed by atoms with E-state index < -0.39 is 0 Å². The molecule has 0 radical (unpaired) electrons. The van der Waals surface area contributed by atoms with Crippen LogP contribution in [-0.4, -0.2) is 25.4 Å². The van der Waals surface area contributed by atoms with Crippen LogP contribution in [-0.2, 0) is 0 Å². The molecule has 0 aliphatic carbocycles. The molecule has 0 amide bonds. The Labute approximate surface area is 199 Å². The summed E-state index contributed by atoms with van der Waals surface area (Å²) in [6.07, 6.45) is 1.79. The molecule has 7 heteroatoms. The molecule has 3 aromatic carbocycles. The van der Waals surface area contributed by atoms with E-state index >= 15 is 0 Å². The molecule has 3 heterocycles. The molecular formula is C26H15Cl2N5. The van der Waals surface area contributed by atoms with Crippen molar-refractivity contribution in [2.45, 2.75) is 0 Å². The maximum absolute atomic E-state index is 6.19. The van der Waals surface area contributed by atoms with E-state index in [0.717, 1.165) is 55.6 Å². The van der Waals surface area contributed by atoms with Crippen molar-refractivity contribution in [3.63, 3.8) is 0 Å². The summed E-state index contributed by atoms with van der Waals surface area (Å²) in [6, 6.07) is 25.5. The monoisotopic (exact) mass is 467 g/mol. The highest BCUT2D eigenvalue weighted by Crippen LogP contribution is 2.35. The standard InChI is InChI=1S/C26H15Cl2N5/c27-20-11-10-15(13-21(20)28)23-14-24(31-30-23)26-19-6-2-1-5-18(19)25(32-33-26)17-7-3-9-22-16(17)8-4-12-29-22/h1-14H,(H,30,31). The molecule has 0 unspecified atom stereocenters. The van der Waals surface area contributed by atoms with Crippen molar-refractivity contribution in [2.75, 3.05) is 0 Å². The summed E-state index contributed by atoms with van der Waals surface area (Å²) in [5.74, 6) is 0. The summed E-state index contributed by atoms with van der Waals surface area (Å²) < 4.78 is 0. The van der Waals surface area contributed by atoms with Crippen LogP contribution >= 0.6 is 23.2 Å². The second-order valence-corrected chi connectivity index (χ2v) is 8.43. The normalized spacial score (nSPS) is 11.3. The lowest BCUT2D eigenvalue weighted by Crippen LogP contribution is -1.96. The number of nitrogens with one attached hydrogen (secondary N) is 1. The highest BCUT2D eigenvalue weighted by Gasteiger charge is 2.16. The first-order chi connectivity index (χ1) is 16.2. The fraction of sp³-hybridized carbons (Fsp3) is 0. The third-order valence-electron chi connectivity index (χ3n) is 5.64. The summed E-state index contributed by atoms with van der Waals surface area (Å²) in [5.41, 5.74) is 5.85. The maximum Gasteiger partial charge on any atom is 0.119 e. The van der Waals surface area contributed by atoms with Gasteiger partial charge in [0.1, 0.15) is 11.4 Å². The number of nitrogens with zero attached hydrogens (tertiary/aromatic N) is 4. The van der Waals surface area contributed by atoms with Crippen LogP contribution in [0.4, 0.5) is 0 Å². The van der Waals surface area contributed by atoms with E-state index in [4.69, 9.17) is 23.2 Å². The Kier molecular flexibility index (Phi) is 4.79. The largest absolute Gasteiger partial charge is 0.276 e. The third kappa shape index (κ3) is 3.42. The number of H-pyrrole nitrogens is 1. The van der Waals surface area contributed by atoms with E-state index in [2.05, 4.69) is 43.6 Å². The zero-order valence-corrected chi connectivity index (χ0v) is 18.6. The van der Waals surface area contributed by atoms with Gasteiger partial charge < -0.3 is 0 Å². The van der Waals surface area contributed by atoms with Crippen molar-refractivity contribution in [1.29, 1.82) is 0 Å². The molecule has 158 valence electrons. The minimum atomic E-state index is 0.484. The Bertz CT molecular complexity index is 1650. The minimum Gasteiger partial charge on any atom is -0.276 e. The van der Waals surface area contributed by atoms with Crippen LogP contribution in [0.3, 0.4) is 0 Å². The molecule has 6 aromatic rings. The molecule has 0 aliphatic rings. The Morgan fingerprint density at radius 2 is 1.45 bits per heavy atom. The van der Waals surface area contributed by atoms with Crippen molar-refractivity contribution in [2.24, 2.45) is 0 Å². The third-order valence-corrected chi connectivity index (χ3v) is 6.38. The zero-order valence-electron chi connectivity index (χ0n) is 17.1. The number of aromatic nitrogens is 5. The maximum atomic E-state index is 6.19. The summed E-state index contributed by atoms with van der Waals surface area (Å²) in [7, 11) is 0. The lowest BCUT2D eigenvalue weighted by Gasteiger charge is -2.10. The van der Waals surface area contributed by atoms with Gasteiger partial charge in [-0.15, -0.1) is 10.2 Å². The molecule has 0 saturated heterocycles. The predicted molar refractivity (Wildman–Crippen MR) is 133 cm³/mol. The fourth-order valence-corrected chi connectivity index (χ4v) is 4.36. The number of fused-ring (bicyclic) bond motifs is 2. The van der Waals surface area contributed by atoms with E-state index in [1.807, 2.05) is 48.5 Å². The number of pyridine rings is 1. The predicted octanol–water partition coefficient (Wildman–Crippen LogP) is 7.21. The minimum absolute atomic E-state index is 0.484. The van der Waals surface area contributed by atoms with E-state index in [9.17, 15) is 0 Å². The van der Waals surface area contributed by atoms with Gasteiger partial charge in [-0.2, -0.15) is 5.10 Å². The number of halogens is 2. The second kappa shape index (κ2) is 7.96. The molecule has 0 atom stereocenters. The van der Waals surface area contributed by atoms with E-state index in [1.54, 1.807) is 18.3 Å². The first kappa shape index (κ1) is 19.9. The van der Waals surface area contributed by atoms with Crippen LogP contribution in [0.25, 0.3) is 55.6 Å². The topological polar surface area (TPSA) is 67.3 Å². The van der Waals surface area contributed by atoms with Crippen molar-refractivity contribution < 1.29 is 0 Å². The van der Waals surface area contributed by atoms with Crippen molar-refractivity contribution in [3.05, 3.63) is 95.1 Å². The quantitative estimate of drug-likeness (QED) is 0.298. The van der Waals surface area contributed by atoms with E-state index in [-0.39, 0.29) is 0 Å². The molecule has 0 spiro atoms. The molecule has 1 N–H and O–H groups in total. The molecule has 0 saturated carbocycles. The summed E-state index contributed by atoms with van der Waals surface area (Å²) in [5, 5.41) is 20.8. The molecule has 3 aromatic heterocycles. The molecule has 0 bridgehead atoms. The van der Waals surface area contributed by atoms with Gasteiger partial charge in [0.05, 0.1) is 26.9 Å². The van der Waals surface area contributed by atoms with Crippen LogP contribution in [0.15, 0.2) is 85.1 Å². The fourth-order valence-electron chi connectivity index (χ4n) is 4.06. The van der Waals surface area contributed by atoms with Gasteiger partial charge in [0.25, 0.3) is 0 Å². The summed E-state index contributed by atoms with van der Waals surface area (Å²) in [6.45, 7) is 0. The Morgan fingerprint density at radius 1 is 0.667 bits per heavy atom. The van der Waals surface area contributed by atoms with Gasteiger partial charge in [-0.25, -0.2) is 0 Å². The Morgan fingerprint density at radius 3 is 2.30 bits per heavy atom. The lowest BCUT2D eigenvalue weighted by molar-refractivity contribution is 1.04. The highest BCUT2D eigenvalue weighted by atomic mass is 35.5. The van der Waals surface area contributed by atoms with E-state index in [0.29, 0.717) is 10.0 Å². The number of hydrogen-bond donors (Lipinski definition) is 1. The lowest BCUT2D eigenvalue weighted by atomic mass is 9.99. The molecular weight excluding hydrogens is 453 g/mol. The molecule has 6 rings (SSSR count). The molecule has 5 nitrogen and oxygen atoms in total. The van der Waals surface area contributed by atoms with Gasteiger partial charge in [-0.3, -0.25) is 10.1 Å². The van der Waals surface area contributed by atoms with Crippen LogP contribution in [0.1, 0.15) is 0 Å². The highest BCUT2D eigenvalue weighted by molar-refractivity contribution is 6.42.